The van der Waals surface area contributed by atoms with Gasteiger partial charge in [-0.3, -0.25) is 14.5 Å². The third kappa shape index (κ3) is 6.45. The maximum Gasteiger partial charge on any atom is 0.248 e. The van der Waals surface area contributed by atoms with E-state index in [1.165, 1.54) is 0 Å². The summed E-state index contributed by atoms with van der Waals surface area (Å²) in [5.74, 6) is 0.0364. The molecule has 2 aromatic carbocycles. The molecular formula is C18H20ClN3O3. The zero-order valence-corrected chi connectivity index (χ0v) is 14.6. The molecule has 0 bridgehead atoms. The number of nitrogens with two attached hydrogens (primary N) is 1. The zero-order valence-electron chi connectivity index (χ0n) is 13.9. The predicted molar refractivity (Wildman–Crippen MR) is 98.0 cm³/mol. The van der Waals surface area contributed by atoms with Crippen LogP contribution >= 0.6 is 11.6 Å². The monoisotopic (exact) mass is 361 g/mol. The second kappa shape index (κ2) is 9.05. The Hall–Kier alpha value is -2.57. The third-order valence-electron chi connectivity index (χ3n) is 3.40. The van der Waals surface area contributed by atoms with Crippen molar-refractivity contribution in [3.63, 3.8) is 0 Å². The van der Waals surface area contributed by atoms with Crippen LogP contribution in [0.15, 0.2) is 48.5 Å². The smallest absolute Gasteiger partial charge is 0.248 e. The lowest BCUT2D eigenvalue weighted by molar-refractivity contribution is -0.117. The Bertz CT molecular complexity index is 735. The minimum atomic E-state index is -0.502. The van der Waals surface area contributed by atoms with E-state index in [2.05, 4.69) is 5.32 Å². The van der Waals surface area contributed by atoms with Gasteiger partial charge in [0.15, 0.2) is 0 Å². The maximum atomic E-state index is 12.0. The van der Waals surface area contributed by atoms with Crippen LogP contribution in [-0.2, 0) is 4.79 Å². The Labute approximate surface area is 151 Å². The van der Waals surface area contributed by atoms with Crippen LogP contribution in [0.4, 0.5) is 5.69 Å². The van der Waals surface area contributed by atoms with Gasteiger partial charge in [-0.1, -0.05) is 17.7 Å². The summed E-state index contributed by atoms with van der Waals surface area (Å²) >= 11 is 5.89. The molecule has 0 aliphatic rings. The van der Waals surface area contributed by atoms with Crippen LogP contribution in [0.5, 0.6) is 5.75 Å². The number of anilines is 1. The molecule has 0 aliphatic carbocycles. The number of ether oxygens (including phenoxy) is 1. The summed E-state index contributed by atoms with van der Waals surface area (Å²) < 4.78 is 5.59. The Morgan fingerprint density at radius 3 is 2.56 bits per heavy atom. The van der Waals surface area contributed by atoms with Crippen LogP contribution in [0.3, 0.4) is 0 Å². The number of primary amides is 1. The molecule has 3 N–H and O–H groups in total. The van der Waals surface area contributed by atoms with Crippen LogP contribution in [0, 0.1) is 0 Å². The highest BCUT2D eigenvalue weighted by Gasteiger charge is 2.08. The molecule has 0 unspecified atom stereocenters. The van der Waals surface area contributed by atoms with E-state index in [-0.39, 0.29) is 12.5 Å². The first-order valence-electron chi connectivity index (χ1n) is 7.70. The highest BCUT2D eigenvalue weighted by atomic mass is 35.5. The Kier molecular flexibility index (Phi) is 6.80. The molecule has 25 heavy (non-hydrogen) atoms. The molecule has 7 heteroatoms. The molecule has 0 heterocycles. The summed E-state index contributed by atoms with van der Waals surface area (Å²) in [7, 11) is 1.83. The number of benzene rings is 2. The van der Waals surface area contributed by atoms with Gasteiger partial charge in [0, 0.05) is 22.8 Å². The molecule has 0 saturated heterocycles. The van der Waals surface area contributed by atoms with E-state index >= 15 is 0 Å². The van der Waals surface area contributed by atoms with Gasteiger partial charge < -0.3 is 15.8 Å². The van der Waals surface area contributed by atoms with Crippen molar-refractivity contribution in [2.75, 3.05) is 32.1 Å². The SMILES string of the molecule is CN(CCOc1cccc(Cl)c1)CC(=O)Nc1ccc(C(N)=O)cc1. The summed E-state index contributed by atoms with van der Waals surface area (Å²) in [6, 6.07) is 13.6. The van der Waals surface area contributed by atoms with E-state index in [4.69, 9.17) is 22.1 Å². The fourth-order valence-electron chi connectivity index (χ4n) is 2.12. The number of hydrogen-bond acceptors (Lipinski definition) is 4. The van der Waals surface area contributed by atoms with Crippen molar-refractivity contribution in [2.45, 2.75) is 0 Å². The van der Waals surface area contributed by atoms with Gasteiger partial charge in [0.2, 0.25) is 11.8 Å². The van der Waals surface area contributed by atoms with Gasteiger partial charge in [0.05, 0.1) is 6.54 Å². The van der Waals surface area contributed by atoms with E-state index in [1.54, 1.807) is 36.4 Å². The molecule has 0 saturated carbocycles. The topological polar surface area (TPSA) is 84.7 Å². The predicted octanol–water partition coefficient (Wildman–Crippen LogP) is 2.39. The van der Waals surface area contributed by atoms with Crippen molar-refractivity contribution < 1.29 is 14.3 Å². The maximum absolute atomic E-state index is 12.0. The van der Waals surface area contributed by atoms with E-state index in [0.29, 0.717) is 35.2 Å². The van der Waals surface area contributed by atoms with Crippen LogP contribution in [0.25, 0.3) is 0 Å². The van der Waals surface area contributed by atoms with Crippen molar-refractivity contribution in [2.24, 2.45) is 5.73 Å². The molecule has 2 amide bonds. The number of nitrogens with zero attached hydrogens (tertiary/aromatic N) is 1. The molecule has 0 spiro atoms. The van der Waals surface area contributed by atoms with Gasteiger partial charge in [0.25, 0.3) is 0 Å². The first-order chi connectivity index (χ1) is 11.9. The van der Waals surface area contributed by atoms with Crippen LogP contribution in [0.2, 0.25) is 5.02 Å². The van der Waals surface area contributed by atoms with Gasteiger partial charge in [-0.25, -0.2) is 0 Å². The number of carbonyl (C=O) groups excluding carboxylic acids is 2. The molecule has 6 nitrogen and oxygen atoms in total. The number of amides is 2. The minimum absolute atomic E-state index is 0.155. The average molecular weight is 362 g/mol. The quantitative estimate of drug-likeness (QED) is 0.756. The normalized spacial score (nSPS) is 10.5. The van der Waals surface area contributed by atoms with Crippen LogP contribution in [0.1, 0.15) is 10.4 Å². The lowest BCUT2D eigenvalue weighted by atomic mass is 10.2. The van der Waals surface area contributed by atoms with E-state index < -0.39 is 5.91 Å². The van der Waals surface area contributed by atoms with E-state index in [1.807, 2.05) is 24.1 Å². The van der Waals surface area contributed by atoms with Gasteiger partial charge in [-0.15, -0.1) is 0 Å². The molecule has 0 radical (unpaired) electrons. The summed E-state index contributed by atoms with van der Waals surface area (Å²) in [5, 5.41) is 3.38. The molecule has 2 aromatic rings. The van der Waals surface area contributed by atoms with Crippen molar-refractivity contribution in [1.29, 1.82) is 0 Å². The molecular weight excluding hydrogens is 342 g/mol. The number of likely N-dealkylation sites (N-methyl/N-ethyl adjacent to an activating group) is 1. The van der Waals surface area contributed by atoms with Crippen molar-refractivity contribution in [3.05, 3.63) is 59.1 Å². The minimum Gasteiger partial charge on any atom is -0.492 e. The summed E-state index contributed by atoms with van der Waals surface area (Å²) in [5.41, 5.74) is 6.18. The lowest BCUT2D eigenvalue weighted by Gasteiger charge is -2.16. The Morgan fingerprint density at radius 1 is 1.20 bits per heavy atom. The second-order valence-electron chi connectivity index (χ2n) is 5.53. The van der Waals surface area contributed by atoms with Gasteiger partial charge in [0.1, 0.15) is 12.4 Å². The number of rotatable bonds is 8. The van der Waals surface area contributed by atoms with Crippen LogP contribution in [-0.4, -0.2) is 43.5 Å². The van der Waals surface area contributed by atoms with Crippen LogP contribution < -0.4 is 15.8 Å². The fourth-order valence-corrected chi connectivity index (χ4v) is 2.30. The number of hydrogen-bond donors (Lipinski definition) is 2. The fraction of sp³-hybridized carbons (Fsp3) is 0.222. The van der Waals surface area contributed by atoms with Crippen molar-refractivity contribution in [3.8, 4) is 5.75 Å². The summed E-state index contributed by atoms with van der Waals surface area (Å²) in [6.07, 6.45) is 0. The first-order valence-corrected chi connectivity index (χ1v) is 8.08. The summed E-state index contributed by atoms with van der Waals surface area (Å²) in [4.78, 5) is 24.9. The zero-order chi connectivity index (χ0) is 18.2. The largest absolute Gasteiger partial charge is 0.492 e. The molecule has 132 valence electrons. The summed E-state index contributed by atoms with van der Waals surface area (Å²) in [6.45, 7) is 1.24. The average Bonchev–Trinajstić information content (AvgIpc) is 2.55. The third-order valence-corrected chi connectivity index (χ3v) is 3.64. The molecule has 0 fully saturated rings. The Morgan fingerprint density at radius 2 is 1.92 bits per heavy atom. The standard InChI is InChI=1S/C18H20ClN3O3/c1-22(9-10-25-16-4-2-3-14(19)11-16)12-17(23)21-15-7-5-13(6-8-15)18(20)24/h2-8,11H,9-10,12H2,1H3,(H2,20,24)(H,21,23). The van der Waals surface area contributed by atoms with E-state index in [9.17, 15) is 9.59 Å². The second-order valence-corrected chi connectivity index (χ2v) is 5.97. The van der Waals surface area contributed by atoms with Crippen molar-refractivity contribution >= 4 is 29.1 Å². The van der Waals surface area contributed by atoms with Gasteiger partial charge >= 0.3 is 0 Å². The van der Waals surface area contributed by atoms with Gasteiger partial charge in [-0.05, 0) is 49.5 Å². The van der Waals surface area contributed by atoms with Gasteiger partial charge in [-0.2, -0.15) is 0 Å². The first kappa shape index (κ1) is 18.8. The number of halogens is 1. The van der Waals surface area contributed by atoms with E-state index in [0.717, 1.165) is 0 Å². The lowest BCUT2D eigenvalue weighted by Crippen LogP contribution is -2.33. The number of nitrogens with one attached hydrogen (secondary N) is 1. The highest BCUT2D eigenvalue weighted by molar-refractivity contribution is 6.30. The van der Waals surface area contributed by atoms with Crippen molar-refractivity contribution in [1.82, 2.24) is 4.90 Å². The molecule has 0 atom stereocenters. The molecule has 0 aliphatic heterocycles. The Balaban J connectivity index is 1.73. The molecule has 0 aromatic heterocycles. The highest BCUT2D eigenvalue weighted by Crippen LogP contribution is 2.16. The molecule has 2 rings (SSSR count). The number of carbonyl (C=O) groups is 2.